The lowest BCUT2D eigenvalue weighted by molar-refractivity contribution is 0.358. The maximum Gasteiger partial charge on any atom is 0.240 e. The van der Waals surface area contributed by atoms with Crippen LogP contribution in [0.4, 0.5) is 0 Å². The highest BCUT2D eigenvalue weighted by Crippen LogP contribution is 2.17. The summed E-state index contributed by atoms with van der Waals surface area (Å²) in [5.74, 6) is 0.588. The Morgan fingerprint density at radius 3 is 2.71 bits per heavy atom. The third-order valence-electron chi connectivity index (χ3n) is 3.86. The normalized spacial score (nSPS) is 19.0. The van der Waals surface area contributed by atoms with Crippen LogP contribution in [0.1, 0.15) is 30.4 Å². The van der Waals surface area contributed by atoms with Gasteiger partial charge in [-0.2, -0.15) is 0 Å². The molecule has 0 radical (unpaired) electrons. The second kappa shape index (κ2) is 8.13. The first-order valence-corrected chi connectivity index (χ1v) is 8.75. The van der Waals surface area contributed by atoms with Gasteiger partial charge in [0.15, 0.2) is 0 Å². The van der Waals surface area contributed by atoms with E-state index in [0.717, 1.165) is 30.6 Å². The van der Waals surface area contributed by atoms with Gasteiger partial charge in [0.1, 0.15) is 0 Å². The van der Waals surface area contributed by atoms with Gasteiger partial charge in [-0.15, -0.1) is 12.4 Å². The molecule has 1 fully saturated rings. The Labute approximate surface area is 134 Å². The van der Waals surface area contributed by atoms with Gasteiger partial charge in [0.25, 0.3) is 0 Å². The molecule has 6 heteroatoms. The third kappa shape index (κ3) is 5.25. The zero-order valence-corrected chi connectivity index (χ0v) is 14.3. The lowest BCUT2D eigenvalue weighted by Crippen LogP contribution is -2.33. The minimum atomic E-state index is -3.38. The fraction of sp³-hybridized carbons (Fsp3) is 0.600. The SMILES string of the molecule is Cc1ccc(S(=O)(=O)NCCC2CCCNC2)c(C)c1.Cl. The van der Waals surface area contributed by atoms with E-state index >= 15 is 0 Å². The molecule has 0 bridgehead atoms. The second-order valence-corrected chi connectivity index (χ2v) is 7.40. The van der Waals surface area contributed by atoms with Crippen molar-refractivity contribution < 1.29 is 8.42 Å². The van der Waals surface area contributed by atoms with E-state index in [1.165, 1.54) is 12.8 Å². The predicted octanol–water partition coefficient (Wildman–Crippen LogP) is 2.39. The van der Waals surface area contributed by atoms with Crippen molar-refractivity contribution in [3.8, 4) is 0 Å². The lowest BCUT2D eigenvalue weighted by Gasteiger charge is -2.22. The van der Waals surface area contributed by atoms with E-state index in [0.29, 0.717) is 17.4 Å². The molecule has 21 heavy (non-hydrogen) atoms. The number of halogens is 1. The molecule has 4 nitrogen and oxygen atoms in total. The van der Waals surface area contributed by atoms with Crippen molar-refractivity contribution >= 4 is 22.4 Å². The first kappa shape index (κ1) is 18.4. The summed E-state index contributed by atoms with van der Waals surface area (Å²) < 4.78 is 27.3. The van der Waals surface area contributed by atoms with Gasteiger partial charge in [-0.1, -0.05) is 17.7 Å². The van der Waals surface area contributed by atoms with Crippen LogP contribution >= 0.6 is 12.4 Å². The molecule has 1 aromatic carbocycles. The summed E-state index contributed by atoms with van der Waals surface area (Å²) in [5.41, 5.74) is 1.88. The van der Waals surface area contributed by atoms with E-state index in [2.05, 4.69) is 10.0 Å². The monoisotopic (exact) mass is 332 g/mol. The molecule has 1 atom stereocenters. The van der Waals surface area contributed by atoms with Gasteiger partial charge in [-0.25, -0.2) is 13.1 Å². The molecule has 1 saturated heterocycles. The minimum absolute atomic E-state index is 0. The smallest absolute Gasteiger partial charge is 0.240 e. The second-order valence-electron chi connectivity index (χ2n) is 5.67. The highest BCUT2D eigenvalue weighted by molar-refractivity contribution is 7.89. The molecule has 0 aromatic heterocycles. The van der Waals surface area contributed by atoms with Crippen molar-refractivity contribution in [3.63, 3.8) is 0 Å². The van der Waals surface area contributed by atoms with Crippen molar-refractivity contribution in [2.45, 2.75) is 38.0 Å². The van der Waals surface area contributed by atoms with Crippen molar-refractivity contribution in [1.82, 2.24) is 10.0 Å². The number of rotatable bonds is 5. The standard InChI is InChI=1S/C15H24N2O2S.ClH/c1-12-5-6-15(13(2)10-12)20(18,19)17-9-7-14-4-3-8-16-11-14;/h5-6,10,14,16-17H,3-4,7-9,11H2,1-2H3;1H. The van der Waals surface area contributed by atoms with E-state index in [-0.39, 0.29) is 12.4 Å². The van der Waals surface area contributed by atoms with Crippen LogP contribution in [0.2, 0.25) is 0 Å². The highest BCUT2D eigenvalue weighted by atomic mass is 35.5. The molecule has 1 aliphatic heterocycles. The molecule has 0 amide bonds. The number of benzene rings is 1. The Morgan fingerprint density at radius 2 is 2.10 bits per heavy atom. The number of nitrogens with one attached hydrogen (secondary N) is 2. The van der Waals surface area contributed by atoms with Crippen LogP contribution in [0.25, 0.3) is 0 Å². The van der Waals surface area contributed by atoms with Crippen LogP contribution in [0, 0.1) is 19.8 Å². The first-order chi connectivity index (χ1) is 9.49. The molecular formula is C15H25ClN2O2S. The molecular weight excluding hydrogens is 308 g/mol. The van der Waals surface area contributed by atoms with Gasteiger partial charge in [-0.05, 0) is 63.7 Å². The Kier molecular flexibility index (Phi) is 7.13. The van der Waals surface area contributed by atoms with E-state index < -0.39 is 10.0 Å². The van der Waals surface area contributed by atoms with E-state index in [4.69, 9.17) is 0 Å². The van der Waals surface area contributed by atoms with Gasteiger partial charge in [-0.3, -0.25) is 0 Å². The highest BCUT2D eigenvalue weighted by Gasteiger charge is 2.18. The van der Waals surface area contributed by atoms with E-state index in [9.17, 15) is 8.42 Å². The zero-order chi connectivity index (χ0) is 14.6. The zero-order valence-electron chi connectivity index (χ0n) is 12.7. The van der Waals surface area contributed by atoms with Crippen LogP contribution in [0.5, 0.6) is 0 Å². The fourth-order valence-corrected chi connectivity index (χ4v) is 4.02. The van der Waals surface area contributed by atoms with Crippen LogP contribution in [-0.4, -0.2) is 28.1 Å². The van der Waals surface area contributed by atoms with Crippen LogP contribution < -0.4 is 10.0 Å². The van der Waals surface area contributed by atoms with Crippen molar-refractivity contribution in [3.05, 3.63) is 29.3 Å². The van der Waals surface area contributed by atoms with Crippen molar-refractivity contribution in [2.24, 2.45) is 5.92 Å². The number of piperidine rings is 1. The summed E-state index contributed by atoms with van der Waals surface area (Å²) in [6, 6.07) is 5.43. The molecule has 1 aromatic rings. The topological polar surface area (TPSA) is 58.2 Å². The summed E-state index contributed by atoms with van der Waals surface area (Å²) in [6.07, 6.45) is 3.28. The van der Waals surface area contributed by atoms with E-state index in [1.54, 1.807) is 6.07 Å². The van der Waals surface area contributed by atoms with Crippen LogP contribution in [0.3, 0.4) is 0 Å². The van der Waals surface area contributed by atoms with Gasteiger partial charge >= 0.3 is 0 Å². The van der Waals surface area contributed by atoms with E-state index in [1.807, 2.05) is 26.0 Å². The molecule has 1 heterocycles. The third-order valence-corrected chi connectivity index (χ3v) is 5.48. The number of aryl methyl sites for hydroxylation is 2. The number of hydrogen-bond donors (Lipinski definition) is 2. The summed E-state index contributed by atoms with van der Waals surface area (Å²) in [5, 5.41) is 3.35. The van der Waals surface area contributed by atoms with Crippen LogP contribution in [-0.2, 0) is 10.0 Å². The molecule has 1 unspecified atom stereocenters. The fourth-order valence-electron chi connectivity index (χ4n) is 2.75. The predicted molar refractivity (Wildman–Crippen MR) is 88.6 cm³/mol. The average Bonchev–Trinajstić information content (AvgIpc) is 2.39. The van der Waals surface area contributed by atoms with Gasteiger partial charge < -0.3 is 5.32 Å². The summed E-state index contributed by atoms with van der Waals surface area (Å²) >= 11 is 0. The summed E-state index contributed by atoms with van der Waals surface area (Å²) in [4.78, 5) is 0.393. The molecule has 2 rings (SSSR count). The first-order valence-electron chi connectivity index (χ1n) is 7.27. The Morgan fingerprint density at radius 1 is 1.33 bits per heavy atom. The Hall–Kier alpha value is -0.620. The summed E-state index contributed by atoms with van der Waals surface area (Å²) in [6.45, 7) is 6.41. The van der Waals surface area contributed by atoms with Gasteiger partial charge in [0.2, 0.25) is 10.0 Å². The maximum atomic E-state index is 12.3. The summed E-state index contributed by atoms with van der Waals surface area (Å²) in [7, 11) is -3.38. The molecule has 0 saturated carbocycles. The van der Waals surface area contributed by atoms with Crippen LogP contribution in [0.15, 0.2) is 23.1 Å². The lowest BCUT2D eigenvalue weighted by atomic mass is 9.96. The van der Waals surface area contributed by atoms with Gasteiger partial charge in [0.05, 0.1) is 4.90 Å². The molecule has 120 valence electrons. The molecule has 0 spiro atoms. The van der Waals surface area contributed by atoms with Crippen molar-refractivity contribution in [2.75, 3.05) is 19.6 Å². The minimum Gasteiger partial charge on any atom is -0.316 e. The Bertz CT molecular complexity index is 555. The average molecular weight is 333 g/mol. The Balaban J connectivity index is 0.00000220. The quantitative estimate of drug-likeness (QED) is 0.870. The largest absolute Gasteiger partial charge is 0.316 e. The molecule has 1 aliphatic rings. The van der Waals surface area contributed by atoms with Crippen molar-refractivity contribution in [1.29, 1.82) is 0 Å². The number of sulfonamides is 1. The van der Waals surface area contributed by atoms with Gasteiger partial charge in [0, 0.05) is 6.54 Å². The number of hydrogen-bond acceptors (Lipinski definition) is 3. The molecule has 0 aliphatic carbocycles. The molecule has 2 N–H and O–H groups in total. The maximum absolute atomic E-state index is 12.3.